The number of aromatic nitrogens is 2. The monoisotopic (exact) mass is 392 g/mol. The van der Waals surface area contributed by atoms with Crippen LogP contribution in [0.3, 0.4) is 0 Å². The Morgan fingerprint density at radius 2 is 1.61 bits per heavy atom. The van der Waals surface area contributed by atoms with Gasteiger partial charge in [-0.3, -0.25) is 9.36 Å². The van der Waals surface area contributed by atoms with Gasteiger partial charge in [0.05, 0.1) is 23.1 Å². The van der Waals surface area contributed by atoms with Crippen molar-refractivity contribution in [3.05, 3.63) is 98.9 Å². The molecule has 4 aromatic rings. The summed E-state index contributed by atoms with van der Waals surface area (Å²) < 4.78 is 27.5. The average Bonchev–Trinajstić information content (AvgIpc) is 3.11. The first-order valence-electron chi connectivity index (χ1n) is 8.55. The lowest BCUT2D eigenvalue weighted by Gasteiger charge is -2.05. The van der Waals surface area contributed by atoms with Gasteiger partial charge in [-0.2, -0.15) is 0 Å². The van der Waals surface area contributed by atoms with E-state index in [0.29, 0.717) is 23.2 Å². The standard InChI is InChI=1S/C22H14F2N2OS/c23-17-8-4-15(5-9-17)2-1-3-19-12-20-21(28-19)25-14-26(22(20)27)13-16-6-10-18(24)11-7-16/h4-12,14H,2,13H2. The number of thiophene rings is 1. The van der Waals surface area contributed by atoms with E-state index < -0.39 is 0 Å². The molecule has 0 bridgehead atoms. The van der Waals surface area contributed by atoms with E-state index in [2.05, 4.69) is 16.8 Å². The van der Waals surface area contributed by atoms with Gasteiger partial charge >= 0.3 is 0 Å². The van der Waals surface area contributed by atoms with E-state index in [1.165, 1.54) is 46.5 Å². The Balaban J connectivity index is 1.56. The molecule has 0 saturated heterocycles. The summed E-state index contributed by atoms with van der Waals surface area (Å²) >= 11 is 1.36. The number of hydrogen-bond acceptors (Lipinski definition) is 3. The quantitative estimate of drug-likeness (QED) is 0.485. The molecule has 0 spiro atoms. The molecule has 0 saturated carbocycles. The smallest absolute Gasteiger partial charge is 0.262 e. The van der Waals surface area contributed by atoms with E-state index in [9.17, 15) is 13.6 Å². The van der Waals surface area contributed by atoms with Crippen LogP contribution in [0.15, 0.2) is 65.7 Å². The fourth-order valence-electron chi connectivity index (χ4n) is 2.76. The summed E-state index contributed by atoms with van der Waals surface area (Å²) in [6.45, 7) is 0.323. The van der Waals surface area contributed by atoms with Gasteiger partial charge < -0.3 is 0 Å². The average molecular weight is 392 g/mol. The van der Waals surface area contributed by atoms with Gasteiger partial charge in [-0.1, -0.05) is 36.1 Å². The first-order valence-corrected chi connectivity index (χ1v) is 9.37. The molecule has 0 aliphatic rings. The van der Waals surface area contributed by atoms with Crippen LogP contribution in [-0.2, 0) is 13.0 Å². The minimum Gasteiger partial charge on any atom is -0.294 e. The lowest BCUT2D eigenvalue weighted by atomic mass is 10.1. The summed E-state index contributed by atoms with van der Waals surface area (Å²) in [5.41, 5.74) is 1.59. The zero-order valence-corrected chi connectivity index (χ0v) is 15.5. The van der Waals surface area contributed by atoms with Gasteiger partial charge in [-0.15, -0.1) is 11.3 Å². The third-order valence-corrected chi connectivity index (χ3v) is 5.16. The fourth-order valence-corrected chi connectivity index (χ4v) is 3.62. The van der Waals surface area contributed by atoms with Crippen molar-refractivity contribution in [1.82, 2.24) is 9.55 Å². The van der Waals surface area contributed by atoms with Crippen LogP contribution in [0.2, 0.25) is 0 Å². The Hall–Kier alpha value is -3.30. The lowest BCUT2D eigenvalue weighted by Crippen LogP contribution is -2.20. The van der Waals surface area contributed by atoms with Crippen molar-refractivity contribution in [1.29, 1.82) is 0 Å². The maximum Gasteiger partial charge on any atom is 0.262 e. The van der Waals surface area contributed by atoms with Gasteiger partial charge in [0.1, 0.15) is 16.5 Å². The van der Waals surface area contributed by atoms with Crippen molar-refractivity contribution < 1.29 is 8.78 Å². The summed E-state index contributed by atoms with van der Waals surface area (Å²) in [6.07, 6.45) is 2.00. The van der Waals surface area contributed by atoms with Crippen molar-refractivity contribution >= 4 is 21.6 Å². The molecule has 0 unspecified atom stereocenters. The molecule has 0 N–H and O–H groups in total. The van der Waals surface area contributed by atoms with Crippen molar-refractivity contribution in [3.63, 3.8) is 0 Å². The molecule has 0 atom stereocenters. The van der Waals surface area contributed by atoms with Crippen LogP contribution in [0.1, 0.15) is 16.0 Å². The number of rotatable bonds is 3. The minimum atomic E-state index is -0.314. The Kier molecular flexibility index (Phi) is 5.00. The molecule has 6 heteroatoms. The van der Waals surface area contributed by atoms with Gasteiger partial charge in [0, 0.05) is 6.42 Å². The summed E-state index contributed by atoms with van der Waals surface area (Å²) in [5.74, 6) is 5.50. The highest BCUT2D eigenvalue weighted by molar-refractivity contribution is 7.19. The predicted octanol–water partition coefficient (Wildman–Crippen LogP) is 4.38. The summed E-state index contributed by atoms with van der Waals surface area (Å²) in [6, 6.07) is 14.0. The molecule has 2 aromatic heterocycles. The second kappa shape index (κ2) is 7.75. The second-order valence-electron chi connectivity index (χ2n) is 6.24. The predicted molar refractivity (Wildman–Crippen MR) is 106 cm³/mol. The van der Waals surface area contributed by atoms with Gasteiger partial charge in [0.2, 0.25) is 0 Å². The highest BCUT2D eigenvalue weighted by Crippen LogP contribution is 2.20. The molecule has 138 valence electrons. The molecule has 0 fully saturated rings. The van der Waals surface area contributed by atoms with Crippen LogP contribution < -0.4 is 5.56 Å². The SMILES string of the molecule is O=c1c2cc(C#CCc3ccc(F)cc3)sc2ncn1Cc1ccc(F)cc1. The Morgan fingerprint density at radius 3 is 2.29 bits per heavy atom. The molecule has 0 radical (unpaired) electrons. The summed E-state index contributed by atoms with van der Waals surface area (Å²) in [7, 11) is 0. The number of fused-ring (bicyclic) bond motifs is 1. The largest absolute Gasteiger partial charge is 0.294 e. The number of halogens is 2. The number of nitrogens with zero attached hydrogens (tertiary/aromatic N) is 2. The molecular weight excluding hydrogens is 378 g/mol. The second-order valence-corrected chi connectivity index (χ2v) is 7.27. The summed E-state index contributed by atoms with van der Waals surface area (Å²) in [5, 5.41) is 0.515. The first-order chi connectivity index (χ1) is 13.6. The van der Waals surface area contributed by atoms with Crippen LogP contribution >= 0.6 is 11.3 Å². The highest BCUT2D eigenvalue weighted by atomic mass is 32.1. The molecule has 4 rings (SSSR count). The van der Waals surface area contributed by atoms with Crippen molar-refractivity contribution in [3.8, 4) is 11.8 Å². The maximum absolute atomic E-state index is 13.0. The topological polar surface area (TPSA) is 34.9 Å². The van der Waals surface area contributed by atoms with E-state index in [4.69, 9.17) is 0 Å². The third kappa shape index (κ3) is 4.00. The van der Waals surface area contributed by atoms with Crippen molar-refractivity contribution in [2.45, 2.75) is 13.0 Å². The van der Waals surface area contributed by atoms with Crippen LogP contribution in [0.25, 0.3) is 10.2 Å². The zero-order valence-electron chi connectivity index (χ0n) is 14.7. The van der Waals surface area contributed by atoms with Crippen LogP contribution in [0.4, 0.5) is 8.78 Å². The normalized spacial score (nSPS) is 10.6. The first kappa shape index (κ1) is 18.1. The van der Waals surface area contributed by atoms with Crippen LogP contribution in [0, 0.1) is 23.5 Å². The van der Waals surface area contributed by atoms with Crippen LogP contribution in [-0.4, -0.2) is 9.55 Å². The number of hydrogen-bond donors (Lipinski definition) is 0. The Bertz CT molecular complexity index is 1250. The van der Waals surface area contributed by atoms with Crippen LogP contribution in [0.5, 0.6) is 0 Å². The molecule has 0 aliphatic carbocycles. The number of benzene rings is 2. The van der Waals surface area contributed by atoms with Crippen molar-refractivity contribution in [2.24, 2.45) is 0 Å². The highest BCUT2D eigenvalue weighted by Gasteiger charge is 2.08. The van der Waals surface area contributed by atoms with E-state index in [0.717, 1.165) is 16.0 Å². The maximum atomic E-state index is 13.0. The molecular formula is C22H14F2N2OS. The van der Waals surface area contributed by atoms with Gasteiger partial charge in [-0.05, 0) is 41.5 Å². The Morgan fingerprint density at radius 1 is 0.964 bits per heavy atom. The van der Waals surface area contributed by atoms with E-state index >= 15 is 0 Å². The molecule has 0 aliphatic heterocycles. The zero-order chi connectivity index (χ0) is 19.5. The molecule has 3 nitrogen and oxygen atoms in total. The van der Waals surface area contributed by atoms with Gasteiger partial charge in [0.25, 0.3) is 5.56 Å². The lowest BCUT2D eigenvalue weighted by molar-refractivity contribution is 0.626. The third-order valence-electron chi connectivity index (χ3n) is 4.20. The van der Waals surface area contributed by atoms with Gasteiger partial charge in [0.15, 0.2) is 0 Å². The molecule has 2 heterocycles. The Labute approximate surface area is 163 Å². The fraction of sp³-hybridized carbons (Fsp3) is 0.0909. The molecule has 2 aromatic carbocycles. The van der Waals surface area contributed by atoms with Crippen molar-refractivity contribution in [2.75, 3.05) is 0 Å². The van der Waals surface area contributed by atoms with Gasteiger partial charge in [-0.25, -0.2) is 13.8 Å². The van der Waals surface area contributed by atoms with E-state index in [1.807, 2.05) is 0 Å². The molecule has 28 heavy (non-hydrogen) atoms. The summed E-state index contributed by atoms with van der Waals surface area (Å²) in [4.78, 5) is 18.4. The molecule has 0 amide bonds. The van der Waals surface area contributed by atoms with E-state index in [1.54, 1.807) is 30.3 Å². The minimum absolute atomic E-state index is 0.155. The van der Waals surface area contributed by atoms with E-state index in [-0.39, 0.29) is 17.2 Å².